The van der Waals surface area contributed by atoms with Crippen LogP contribution in [0.1, 0.15) is 0 Å². The first kappa shape index (κ1) is 25.2. The number of hydrogen-bond acceptors (Lipinski definition) is 1. The largest absolute Gasteiger partial charge is 0.456 e. The first-order valence-corrected chi connectivity index (χ1v) is 15.8. The highest BCUT2D eigenvalue weighted by Crippen LogP contribution is 2.45. The van der Waals surface area contributed by atoms with Crippen molar-refractivity contribution in [2.75, 3.05) is 0 Å². The molecule has 0 aliphatic rings. The molecule has 214 valence electrons. The lowest BCUT2D eigenvalue weighted by molar-refractivity contribution is 0.669. The van der Waals surface area contributed by atoms with Gasteiger partial charge < -0.3 is 8.98 Å². The van der Waals surface area contributed by atoms with Crippen molar-refractivity contribution in [3.8, 4) is 27.9 Å². The summed E-state index contributed by atoms with van der Waals surface area (Å²) in [6.45, 7) is 0. The summed E-state index contributed by atoms with van der Waals surface area (Å²) in [6.07, 6.45) is 0. The van der Waals surface area contributed by atoms with Crippen LogP contribution in [0.5, 0.6) is 0 Å². The molecule has 0 atom stereocenters. The zero-order valence-corrected chi connectivity index (χ0v) is 24.9. The van der Waals surface area contributed by atoms with E-state index in [1.165, 1.54) is 65.6 Å². The Hall–Kier alpha value is -6.12. The smallest absolute Gasteiger partial charge is 0.136 e. The van der Waals surface area contributed by atoms with E-state index in [1.807, 2.05) is 0 Å². The van der Waals surface area contributed by atoms with Crippen LogP contribution in [0.25, 0.3) is 93.2 Å². The minimum Gasteiger partial charge on any atom is -0.456 e. The monoisotopic (exact) mass is 585 g/mol. The minimum atomic E-state index is 0.900. The second-order valence-electron chi connectivity index (χ2n) is 12.1. The predicted molar refractivity (Wildman–Crippen MR) is 194 cm³/mol. The van der Waals surface area contributed by atoms with Gasteiger partial charge in [-0.15, -0.1) is 0 Å². The number of nitrogens with zero attached hydrogens (tertiary/aromatic N) is 1. The molecular formula is C44H27NO. The molecule has 0 unspecified atom stereocenters. The number of hydrogen-bond donors (Lipinski definition) is 0. The van der Waals surface area contributed by atoms with Crippen LogP contribution in [0.15, 0.2) is 168 Å². The number of aromatic nitrogens is 1. The molecule has 2 heterocycles. The van der Waals surface area contributed by atoms with Crippen molar-refractivity contribution in [1.82, 2.24) is 4.57 Å². The molecule has 0 saturated heterocycles. The molecule has 2 heteroatoms. The number of para-hydroxylation sites is 2. The molecule has 46 heavy (non-hydrogen) atoms. The lowest BCUT2D eigenvalue weighted by atomic mass is 9.86. The van der Waals surface area contributed by atoms with E-state index in [9.17, 15) is 0 Å². The standard InChI is InChI=1S/C44H27NO/c1-3-13-28(14-4-1)43-32-18-7-9-20-34(32)44(35-21-10-8-19-33(35)43)29-23-24-41-37(25-29)38-26-40-36(27-42(38)46-41)31-17-11-12-22-39(31)45(40)30-15-5-2-6-16-30/h1-27H. The van der Waals surface area contributed by atoms with Crippen LogP contribution in [0.2, 0.25) is 0 Å². The van der Waals surface area contributed by atoms with E-state index in [-0.39, 0.29) is 0 Å². The molecule has 0 fully saturated rings. The van der Waals surface area contributed by atoms with Gasteiger partial charge in [-0.05, 0) is 86.3 Å². The Kier molecular flexibility index (Phi) is 5.31. The number of rotatable bonds is 3. The topological polar surface area (TPSA) is 18.1 Å². The number of benzene rings is 8. The van der Waals surface area contributed by atoms with Crippen molar-refractivity contribution in [3.05, 3.63) is 164 Å². The Bertz CT molecular complexity index is 2730. The van der Waals surface area contributed by atoms with Crippen LogP contribution in [-0.2, 0) is 0 Å². The van der Waals surface area contributed by atoms with Crippen LogP contribution in [-0.4, -0.2) is 4.57 Å². The zero-order valence-electron chi connectivity index (χ0n) is 24.9. The summed E-state index contributed by atoms with van der Waals surface area (Å²) in [4.78, 5) is 0. The van der Waals surface area contributed by atoms with Crippen LogP contribution in [0.3, 0.4) is 0 Å². The molecule has 0 saturated carbocycles. The van der Waals surface area contributed by atoms with Gasteiger partial charge in [0.25, 0.3) is 0 Å². The Labute approximate surface area is 265 Å². The third-order valence-corrected chi connectivity index (χ3v) is 9.56. The summed E-state index contributed by atoms with van der Waals surface area (Å²) < 4.78 is 8.93. The molecule has 0 amide bonds. The summed E-state index contributed by atoms with van der Waals surface area (Å²) in [6, 6.07) is 58.9. The maximum absolute atomic E-state index is 6.56. The average Bonchev–Trinajstić information content (AvgIpc) is 3.64. The Morgan fingerprint density at radius 1 is 0.326 bits per heavy atom. The number of furan rings is 1. The first-order chi connectivity index (χ1) is 22.8. The maximum atomic E-state index is 6.56. The molecule has 0 N–H and O–H groups in total. The van der Waals surface area contributed by atoms with Gasteiger partial charge >= 0.3 is 0 Å². The van der Waals surface area contributed by atoms with Gasteiger partial charge in [0.15, 0.2) is 0 Å². The SMILES string of the molecule is c1ccc(-c2c3ccccc3c(-c3ccc4oc5cc6c7ccccc7n(-c7ccccc7)c6cc5c4c3)c3ccccc23)cc1. The van der Waals surface area contributed by atoms with Gasteiger partial charge in [0.05, 0.1) is 11.0 Å². The van der Waals surface area contributed by atoms with Crippen LogP contribution < -0.4 is 0 Å². The third kappa shape index (κ3) is 3.59. The highest BCUT2D eigenvalue weighted by Gasteiger charge is 2.19. The fourth-order valence-electron chi connectivity index (χ4n) is 7.60. The Morgan fingerprint density at radius 3 is 1.54 bits per heavy atom. The van der Waals surface area contributed by atoms with Gasteiger partial charge in [-0.2, -0.15) is 0 Å². The normalized spacial score (nSPS) is 11.9. The van der Waals surface area contributed by atoms with E-state index < -0.39 is 0 Å². The highest BCUT2D eigenvalue weighted by atomic mass is 16.3. The summed E-state index contributed by atoms with van der Waals surface area (Å²) in [5.74, 6) is 0. The molecule has 0 spiro atoms. The van der Waals surface area contributed by atoms with E-state index in [0.717, 1.165) is 27.6 Å². The van der Waals surface area contributed by atoms with Crippen LogP contribution in [0, 0.1) is 0 Å². The molecule has 0 bridgehead atoms. The molecule has 8 aromatic carbocycles. The molecule has 10 aromatic rings. The summed E-state index contributed by atoms with van der Waals surface area (Å²) in [5, 5.41) is 9.68. The third-order valence-electron chi connectivity index (χ3n) is 9.56. The van der Waals surface area contributed by atoms with Gasteiger partial charge in [0, 0.05) is 27.2 Å². The Balaban J connectivity index is 1.28. The van der Waals surface area contributed by atoms with Crippen molar-refractivity contribution in [2.45, 2.75) is 0 Å². The highest BCUT2D eigenvalue weighted by molar-refractivity contribution is 6.23. The minimum absolute atomic E-state index is 0.900. The van der Waals surface area contributed by atoms with E-state index in [1.54, 1.807) is 0 Å². The van der Waals surface area contributed by atoms with Crippen LogP contribution in [0.4, 0.5) is 0 Å². The molecule has 2 aromatic heterocycles. The van der Waals surface area contributed by atoms with Gasteiger partial charge in [-0.3, -0.25) is 0 Å². The van der Waals surface area contributed by atoms with E-state index in [4.69, 9.17) is 4.42 Å². The molecule has 10 rings (SSSR count). The van der Waals surface area contributed by atoms with Crippen molar-refractivity contribution >= 4 is 65.3 Å². The van der Waals surface area contributed by atoms with Gasteiger partial charge in [0.2, 0.25) is 0 Å². The zero-order chi connectivity index (χ0) is 30.2. The lowest BCUT2D eigenvalue weighted by Gasteiger charge is -2.17. The van der Waals surface area contributed by atoms with Crippen molar-refractivity contribution in [2.24, 2.45) is 0 Å². The van der Waals surface area contributed by atoms with E-state index >= 15 is 0 Å². The molecule has 2 nitrogen and oxygen atoms in total. The summed E-state index contributed by atoms with van der Waals surface area (Å²) >= 11 is 0. The van der Waals surface area contributed by atoms with Gasteiger partial charge in [0.1, 0.15) is 11.2 Å². The molecule has 0 aliphatic carbocycles. The van der Waals surface area contributed by atoms with Crippen molar-refractivity contribution < 1.29 is 4.42 Å². The average molecular weight is 586 g/mol. The molecular weight excluding hydrogens is 558 g/mol. The van der Waals surface area contributed by atoms with Crippen LogP contribution >= 0.6 is 0 Å². The number of fused-ring (bicyclic) bond motifs is 8. The van der Waals surface area contributed by atoms with E-state index in [2.05, 4.69) is 168 Å². The first-order valence-electron chi connectivity index (χ1n) is 15.8. The summed E-state index contributed by atoms with van der Waals surface area (Å²) in [5.41, 5.74) is 10.3. The van der Waals surface area contributed by atoms with Gasteiger partial charge in [-0.25, -0.2) is 0 Å². The Morgan fingerprint density at radius 2 is 0.870 bits per heavy atom. The summed E-state index contributed by atoms with van der Waals surface area (Å²) in [7, 11) is 0. The second-order valence-corrected chi connectivity index (χ2v) is 12.1. The quantitative estimate of drug-likeness (QED) is 0.189. The van der Waals surface area contributed by atoms with Gasteiger partial charge in [-0.1, -0.05) is 121 Å². The van der Waals surface area contributed by atoms with Crippen molar-refractivity contribution in [3.63, 3.8) is 0 Å². The maximum Gasteiger partial charge on any atom is 0.136 e. The molecule has 0 radical (unpaired) electrons. The van der Waals surface area contributed by atoms with Crippen molar-refractivity contribution in [1.29, 1.82) is 0 Å². The molecule has 0 aliphatic heterocycles. The predicted octanol–water partition coefficient (Wildman–Crippen LogP) is 12.3. The lowest BCUT2D eigenvalue weighted by Crippen LogP contribution is -1.92. The van der Waals surface area contributed by atoms with E-state index in [0.29, 0.717) is 0 Å². The fraction of sp³-hybridized carbons (Fsp3) is 0. The fourth-order valence-corrected chi connectivity index (χ4v) is 7.60. The second kappa shape index (κ2) is 9.69.